The standard InChI is InChI=1S/6CN.Co.12H2O.Zn/c6*1-2;;;;;;;;;;;;;;/h;;;;;;;12*1H2;/q6*-1;;;;;;;;;;;;;;. The third kappa shape index (κ3) is 1580. The molecule has 0 heterocycles. The van der Waals surface area contributed by atoms with Gasteiger partial charge in [-0.1, -0.05) is 0 Å². The van der Waals surface area contributed by atoms with Crippen molar-refractivity contribution in [3.63, 3.8) is 0 Å². The van der Waals surface area contributed by atoms with Crippen LogP contribution in [0.25, 0.3) is 0 Å². The van der Waals surface area contributed by atoms with Crippen molar-refractivity contribution in [1.82, 2.24) is 0 Å². The van der Waals surface area contributed by atoms with Gasteiger partial charge in [0, 0.05) is 36.3 Å². The molecule has 0 bridgehead atoms. The minimum atomic E-state index is 0. The molecule has 20 heteroatoms. The molecule has 0 spiro atoms. The Morgan fingerprint density at radius 1 is 0.231 bits per heavy atom. The monoisotopic (exact) mass is 495 g/mol. The second-order valence-electron chi connectivity index (χ2n) is 0. The third-order valence-electron chi connectivity index (χ3n) is 0. The first kappa shape index (κ1) is 934. The van der Waals surface area contributed by atoms with Gasteiger partial charge in [-0.25, -0.2) is 0 Å². The Morgan fingerprint density at radius 3 is 0.231 bits per heavy atom. The first-order valence-corrected chi connectivity index (χ1v) is 1.34. The van der Waals surface area contributed by atoms with Crippen LogP contribution in [0, 0.1) is 71.0 Å². The summed E-state index contributed by atoms with van der Waals surface area (Å²) in [6.07, 6.45) is 0. The van der Waals surface area contributed by atoms with Crippen LogP contribution in [0.4, 0.5) is 0 Å². The van der Waals surface area contributed by atoms with Gasteiger partial charge in [0.05, 0.1) is 0 Å². The minimum absolute atomic E-state index is 0. The molecule has 0 aromatic rings. The second-order valence-corrected chi connectivity index (χ2v) is 0. The molecule has 0 aromatic carbocycles. The van der Waals surface area contributed by atoms with Crippen LogP contribution in [0.1, 0.15) is 0 Å². The largest absolute Gasteiger partial charge is 0.512 e. The van der Waals surface area contributed by atoms with Crippen LogP contribution >= 0.6 is 0 Å². The van der Waals surface area contributed by atoms with Crippen LogP contribution in [0.5, 0.6) is 0 Å². The zero-order valence-corrected chi connectivity index (χ0v) is 16.7. The Labute approximate surface area is 173 Å². The average Bonchev–Trinajstić information content (AvgIpc) is 2.33. The van der Waals surface area contributed by atoms with Crippen molar-refractivity contribution >= 4 is 0 Å². The third-order valence-corrected chi connectivity index (χ3v) is 0. The molecule has 0 aliphatic heterocycles. The molecule has 0 amide bonds. The van der Waals surface area contributed by atoms with Gasteiger partial charge in [0.15, 0.2) is 0 Å². The number of rotatable bonds is 0. The zero-order chi connectivity index (χ0) is 12.0. The second kappa shape index (κ2) is 1810. The fraction of sp³-hybridized carbons (Fsp3) is 0. The van der Waals surface area contributed by atoms with Gasteiger partial charge in [-0.05, 0) is 0 Å². The summed E-state index contributed by atoms with van der Waals surface area (Å²) >= 11 is 0. The first-order valence-electron chi connectivity index (χ1n) is 1.34. The summed E-state index contributed by atoms with van der Waals surface area (Å²) in [6.45, 7) is 28.5. The predicted molar refractivity (Wildman–Crippen MR) is 73.2 cm³/mol. The van der Waals surface area contributed by atoms with E-state index in [0.29, 0.717) is 0 Å². The maximum atomic E-state index is 6.25. The van der Waals surface area contributed by atoms with Gasteiger partial charge in [0.2, 0.25) is 0 Å². The van der Waals surface area contributed by atoms with Gasteiger partial charge in [0.25, 0.3) is 0 Å². The summed E-state index contributed by atoms with van der Waals surface area (Å²) in [5.74, 6) is 0. The van der Waals surface area contributed by atoms with Crippen molar-refractivity contribution in [3.8, 4) is 0 Å². The molecule has 0 atom stereocenters. The van der Waals surface area contributed by atoms with Crippen LogP contribution in [0.3, 0.4) is 0 Å². The minimum Gasteiger partial charge on any atom is -0.512 e. The molecule has 0 aliphatic rings. The van der Waals surface area contributed by atoms with Crippen molar-refractivity contribution in [2.45, 2.75) is 0 Å². The van der Waals surface area contributed by atoms with E-state index in [-0.39, 0.29) is 102 Å². The maximum absolute atomic E-state index is 6.25. The van der Waals surface area contributed by atoms with E-state index in [9.17, 15) is 0 Å². The van der Waals surface area contributed by atoms with E-state index in [4.69, 9.17) is 71.0 Å². The summed E-state index contributed by atoms with van der Waals surface area (Å²) < 4.78 is 0. The molecule has 0 unspecified atom stereocenters. The molecule has 0 rings (SSSR count). The van der Waals surface area contributed by atoms with Crippen LogP contribution < -0.4 is 0 Å². The molecule has 0 aromatic heterocycles. The SMILES string of the molecule is O.O.O.O.O.O.O.O.O.O.O.O.[C-]#N.[C-]#N.[C-]#N.[C-]#N.[C-]#N.[C-]#N.[Co].[Zn]. The Morgan fingerprint density at radius 2 is 0.231 bits per heavy atom. The van der Waals surface area contributed by atoms with E-state index >= 15 is 0 Å². The van der Waals surface area contributed by atoms with Gasteiger partial charge >= 0.3 is 0 Å². The smallest absolute Gasteiger partial charge is 0 e. The van der Waals surface area contributed by atoms with E-state index in [1.807, 2.05) is 0 Å². The maximum Gasteiger partial charge on any atom is 0 e. The van der Waals surface area contributed by atoms with Crippen LogP contribution in [0.2, 0.25) is 0 Å². The number of nitrogens with zero attached hydrogens (tertiary/aromatic N) is 6. The molecule has 1 radical (unpaired) electrons. The summed E-state index contributed by atoms with van der Waals surface area (Å²) in [6, 6.07) is 0. The zero-order valence-electron chi connectivity index (χ0n) is 12.7. The van der Waals surface area contributed by atoms with E-state index in [2.05, 4.69) is 0 Å². The Kier molecular flexibility index (Phi) is 65100. The Bertz CT molecular complexity index is 123. The molecule has 24 N–H and O–H groups in total. The molecule has 26 heavy (non-hydrogen) atoms. The van der Waals surface area contributed by atoms with Crippen molar-refractivity contribution < 1.29 is 102 Å². The van der Waals surface area contributed by atoms with Crippen LogP contribution in [0.15, 0.2) is 0 Å². The van der Waals surface area contributed by atoms with E-state index in [0.717, 1.165) is 0 Å². The molecule has 0 saturated heterocycles. The molecular weight excluding hydrogens is 472 g/mol. The van der Waals surface area contributed by atoms with Crippen molar-refractivity contribution in [1.29, 1.82) is 31.6 Å². The van der Waals surface area contributed by atoms with Gasteiger partial charge < -0.3 is 137 Å². The molecule has 0 aliphatic carbocycles. The van der Waals surface area contributed by atoms with Crippen molar-refractivity contribution in [2.75, 3.05) is 0 Å². The molecular formula is C6H24CoN6O12Zn-6. The summed E-state index contributed by atoms with van der Waals surface area (Å²) in [7, 11) is 0. The first-order chi connectivity index (χ1) is 6.00. The van der Waals surface area contributed by atoms with Gasteiger partial charge in [0.1, 0.15) is 0 Å². The summed E-state index contributed by atoms with van der Waals surface area (Å²) in [5.41, 5.74) is 0. The summed E-state index contributed by atoms with van der Waals surface area (Å²) in [5, 5.41) is 37.5. The molecule has 167 valence electrons. The van der Waals surface area contributed by atoms with Gasteiger partial charge in [-0.3, -0.25) is 0 Å². The van der Waals surface area contributed by atoms with Crippen LogP contribution in [-0.4, -0.2) is 65.7 Å². The predicted octanol–water partition coefficient (Wildman–Crippen LogP) is -9.32. The van der Waals surface area contributed by atoms with E-state index < -0.39 is 0 Å². The fourth-order valence-electron chi connectivity index (χ4n) is 0. The van der Waals surface area contributed by atoms with E-state index in [1.165, 1.54) is 0 Å². The molecule has 18 nitrogen and oxygen atoms in total. The number of hydrogen-bond donors (Lipinski definition) is 0. The Balaban J connectivity index is -0.000000000833. The fourth-order valence-corrected chi connectivity index (χ4v) is 0. The molecule has 0 fully saturated rings. The summed E-state index contributed by atoms with van der Waals surface area (Å²) in [4.78, 5) is 0. The van der Waals surface area contributed by atoms with Gasteiger partial charge in [-0.2, -0.15) is 0 Å². The quantitative estimate of drug-likeness (QED) is 0.231. The van der Waals surface area contributed by atoms with Gasteiger partial charge in [-0.15, -0.1) is 0 Å². The number of hydrogen-bond acceptors (Lipinski definition) is 6. The normalized spacial score (nSPS) is 0.462. The van der Waals surface area contributed by atoms with Crippen LogP contribution in [-0.2, 0) is 36.3 Å². The topological polar surface area (TPSA) is 521 Å². The Hall–Kier alpha value is -2.41. The average molecular weight is 497 g/mol. The van der Waals surface area contributed by atoms with Crippen molar-refractivity contribution in [2.24, 2.45) is 0 Å². The molecule has 0 saturated carbocycles. The van der Waals surface area contributed by atoms with Crippen molar-refractivity contribution in [3.05, 3.63) is 39.4 Å². The van der Waals surface area contributed by atoms with E-state index in [1.54, 1.807) is 0 Å².